The van der Waals surface area contributed by atoms with Crippen LogP contribution in [0.3, 0.4) is 0 Å². The van der Waals surface area contributed by atoms with Crippen molar-refractivity contribution in [3.05, 3.63) is 70.2 Å². The number of aryl methyl sites for hydroxylation is 2. The van der Waals surface area contributed by atoms with Gasteiger partial charge < -0.3 is 14.4 Å². The molecule has 2 aromatic heterocycles. The van der Waals surface area contributed by atoms with E-state index in [4.69, 9.17) is 4.52 Å². The molecule has 0 aliphatic rings. The first kappa shape index (κ1) is 17.4. The van der Waals surface area contributed by atoms with Crippen molar-refractivity contribution in [2.24, 2.45) is 0 Å². The molecule has 6 heteroatoms. The van der Waals surface area contributed by atoms with Crippen molar-refractivity contribution in [3.63, 3.8) is 0 Å². The molecule has 0 aliphatic heterocycles. The zero-order valence-corrected chi connectivity index (χ0v) is 14.7. The molecule has 1 atom stereocenters. The molecule has 0 radical (unpaired) electrons. The second-order valence-corrected chi connectivity index (χ2v) is 6.30. The fourth-order valence-corrected chi connectivity index (χ4v) is 2.98. The van der Waals surface area contributed by atoms with Crippen molar-refractivity contribution in [1.82, 2.24) is 15.0 Å². The van der Waals surface area contributed by atoms with E-state index in [1.54, 1.807) is 6.07 Å². The van der Waals surface area contributed by atoms with Gasteiger partial charge in [-0.15, -0.1) is 0 Å². The van der Waals surface area contributed by atoms with Gasteiger partial charge in [-0.05, 0) is 57.0 Å². The molecule has 0 bridgehead atoms. The average molecular weight is 345 g/mol. The molecule has 1 aromatic carbocycles. The maximum Gasteiger partial charge on any atom is 0.180 e. The summed E-state index contributed by atoms with van der Waals surface area (Å²) >= 11 is 0. The highest BCUT2D eigenvalue weighted by Crippen LogP contribution is 2.22. The Hall–Kier alpha value is -2.47. The Morgan fingerprint density at radius 2 is 1.88 bits per heavy atom. The minimum atomic E-state index is -0.831. The SMILES string of the molecule is Cc1cc(-n2c(C)cc(CN[C@H](C)c3ccc(F)c(F)c3)c2C)no1. The van der Waals surface area contributed by atoms with Gasteiger partial charge in [0, 0.05) is 30.0 Å². The van der Waals surface area contributed by atoms with Gasteiger partial charge in [0.2, 0.25) is 0 Å². The van der Waals surface area contributed by atoms with E-state index in [9.17, 15) is 8.78 Å². The highest BCUT2D eigenvalue weighted by molar-refractivity contribution is 5.36. The van der Waals surface area contributed by atoms with Crippen molar-refractivity contribution in [3.8, 4) is 5.82 Å². The third-order valence-electron chi connectivity index (χ3n) is 4.42. The molecule has 1 N–H and O–H groups in total. The largest absolute Gasteiger partial charge is 0.360 e. The minimum absolute atomic E-state index is 0.104. The topological polar surface area (TPSA) is 43.0 Å². The summed E-state index contributed by atoms with van der Waals surface area (Å²) in [5, 5.41) is 7.43. The van der Waals surface area contributed by atoms with Gasteiger partial charge in [0.15, 0.2) is 17.5 Å². The Morgan fingerprint density at radius 1 is 1.12 bits per heavy atom. The molecule has 3 aromatic rings. The van der Waals surface area contributed by atoms with E-state index < -0.39 is 11.6 Å². The molecule has 25 heavy (non-hydrogen) atoms. The van der Waals surface area contributed by atoms with Crippen LogP contribution in [0.25, 0.3) is 5.82 Å². The van der Waals surface area contributed by atoms with E-state index in [0.717, 1.165) is 34.6 Å². The zero-order valence-electron chi connectivity index (χ0n) is 14.7. The lowest BCUT2D eigenvalue weighted by molar-refractivity contribution is 0.394. The van der Waals surface area contributed by atoms with Crippen LogP contribution in [0.5, 0.6) is 0 Å². The third-order valence-corrected chi connectivity index (χ3v) is 4.42. The first-order valence-corrected chi connectivity index (χ1v) is 8.16. The fraction of sp³-hybridized carbons (Fsp3) is 0.316. The highest BCUT2D eigenvalue weighted by atomic mass is 19.2. The van der Waals surface area contributed by atoms with Crippen molar-refractivity contribution < 1.29 is 13.3 Å². The predicted octanol–water partition coefficient (Wildman–Crippen LogP) is 4.52. The van der Waals surface area contributed by atoms with Crippen LogP contribution in [0.4, 0.5) is 8.78 Å². The molecule has 4 nitrogen and oxygen atoms in total. The Kier molecular flexibility index (Phi) is 4.72. The number of hydrogen-bond donors (Lipinski definition) is 1. The van der Waals surface area contributed by atoms with E-state index in [1.165, 1.54) is 6.07 Å². The number of benzene rings is 1. The molecule has 0 unspecified atom stereocenters. The minimum Gasteiger partial charge on any atom is -0.360 e. The van der Waals surface area contributed by atoms with Gasteiger partial charge >= 0.3 is 0 Å². The molecule has 0 amide bonds. The number of aromatic nitrogens is 2. The monoisotopic (exact) mass is 345 g/mol. The van der Waals surface area contributed by atoms with E-state index >= 15 is 0 Å². The number of nitrogens with one attached hydrogen (secondary N) is 1. The average Bonchev–Trinajstić information content (AvgIpc) is 3.10. The van der Waals surface area contributed by atoms with Gasteiger partial charge in [-0.25, -0.2) is 8.78 Å². The Bertz CT molecular complexity index is 898. The fourth-order valence-electron chi connectivity index (χ4n) is 2.98. The van der Waals surface area contributed by atoms with Crippen molar-refractivity contribution in [2.75, 3.05) is 0 Å². The van der Waals surface area contributed by atoms with Crippen LogP contribution in [-0.2, 0) is 6.54 Å². The lowest BCUT2D eigenvalue weighted by Gasteiger charge is -2.15. The van der Waals surface area contributed by atoms with Gasteiger partial charge in [0.1, 0.15) is 5.76 Å². The smallest absolute Gasteiger partial charge is 0.180 e. The summed E-state index contributed by atoms with van der Waals surface area (Å²) in [4.78, 5) is 0. The standard InChI is InChI=1S/C19H21F2N3O/c1-11-7-16(14(4)24(11)19-8-12(2)25-23-19)10-22-13(3)15-5-6-17(20)18(21)9-15/h5-9,13,22H,10H2,1-4H3/t13-/m1/s1. The second-order valence-electron chi connectivity index (χ2n) is 6.30. The van der Waals surface area contributed by atoms with Gasteiger partial charge in [0.05, 0.1) is 0 Å². The maximum atomic E-state index is 13.4. The summed E-state index contributed by atoms with van der Waals surface area (Å²) < 4.78 is 33.7. The van der Waals surface area contributed by atoms with Gasteiger partial charge in [-0.1, -0.05) is 11.2 Å². The van der Waals surface area contributed by atoms with Crippen LogP contribution in [0.2, 0.25) is 0 Å². The normalized spacial score (nSPS) is 12.6. The maximum absolute atomic E-state index is 13.4. The summed E-state index contributed by atoms with van der Waals surface area (Å²) in [6.45, 7) is 8.43. The van der Waals surface area contributed by atoms with E-state index in [1.807, 2.05) is 38.3 Å². The van der Waals surface area contributed by atoms with Crippen LogP contribution in [0.15, 0.2) is 34.9 Å². The molecule has 3 rings (SSSR count). The molecule has 0 spiro atoms. The molecule has 132 valence electrons. The van der Waals surface area contributed by atoms with Crippen LogP contribution < -0.4 is 5.32 Å². The van der Waals surface area contributed by atoms with E-state index in [2.05, 4.69) is 16.5 Å². The van der Waals surface area contributed by atoms with Crippen LogP contribution >= 0.6 is 0 Å². The summed E-state index contributed by atoms with van der Waals surface area (Å²) in [5.74, 6) is -0.144. The van der Waals surface area contributed by atoms with E-state index in [0.29, 0.717) is 12.1 Å². The van der Waals surface area contributed by atoms with Crippen LogP contribution in [-0.4, -0.2) is 9.72 Å². The number of rotatable bonds is 5. The number of nitrogens with zero attached hydrogens (tertiary/aromatic N) is 2. The van der Waals surface area contributed by atoms with Crippen molar-refractivity contribution in [1.29, 1.82) is 0 Å². The van der Waals surface area contributed by atoms with Crippen molar-refractivity contribution in [2.45, 2.75) is 40.3 Å². The molecule has 0 saturated carbocycles. The number of hydrogen-bond acceptors (Lipinski definition) is 3. The Balaban J connectivity index is 1.76. The molecule has 0 fully saturated rings. The summed E-state index contributed by atoms with van der Waals surface area (Å²) in [5.41, 5.74) is 3.95. The second kappa shape index (κ2) is 6.80. The summed E-state index contributed by atoms with van der Waals surface area (Å²) in [6, 6.07) is 7.85. The van der Waals surface area contributed by atoms with Gasteiger partial charge in [0.25, 0.3) is 0 Å². The van der Waals surface area contributed by atoms with Crippen LogP contribution in [0.1, 0.15) is 41.2 Å². The van der Waals surface area contributed by atoms with Gasteiger partial charge in [-0.2, -0.15) is 0 Å². The lowest BCUT2D eigenvalue weighted by Crippen LogP contribution is -2.18. The Labute approximate surface area is 145 Å². The Morgan fingerprint density at radius 3 is 2.52 bits per heavy atom. The first-order valence-electron chi connectivity index (χ1n) is 8.16. The lowest BCUT2D eigenvalue weighted by atomic mass is 10.1. The van der Waals surface area contributed by atoms with Crippen LogP contribution in [0, 0.1) is 32.4 Å². The van der Waals surface area contributed by atoms with Crippen molar-refractivity contribution >= 4 is 0 Å². The molecule has 2 heterocycles. The molecular weight excluding hydrogens is 324 g/mol. The van der Waals surface area contributed by atoms with Gasteiger partial charge in [-0.3, -0.25) is 0 Å². The van der Waals surface area contributed by atoms with E-state index in [-0.39, 0.29) is 6.04 Å². The first-order chi connectivity index (χ1) is 11.9. The molecule has 0 aliphatic carbocycles. The predicted molar refractivity (Wildman–Crippen MR) is 91.7 cm³/mol. The number of halogens is 2. The molecule has 0 saturated heterocycles. The third kappa shape index (κ3) is 3.49. The zero-order chi connectivity index (χ0) is 18.1. The molecular formula is C19H21F2N3O. The highest BCUT2D eigenvalue weighted by Gasteiger charge is 2.15. The summed E-state index contributed by atoms with van der Waals surface area (Å²) in [6.07, 6.45) is 0. The summed E-state index contributed by atoms with van der Waals surface area (Å²) in [7, 11) is 0. The quantitative estimate of drug-likeness (QED) is 0.739.